The molecule has 27 heavy (non-hydrogen) atoms. The minimum atomic E-state index is -0.530. The number of fused-ring (bicyclic) bond motifs is 1. The number of hydrogen-bond acceptors (Lipinski definition) is 5. The quantitative estimate of drug-likeness (QED) is 0.358. The fourth-order valence-electron chi connectivity index (χ4n) is 3.09. The highest BCUT2D eigenvalue weighted by molar-refractivity contribution is 6.30. The zero-order chi connectivity index (χ0) is 19.0. The Labute approximate surface area is 157 Å². The predicted octanol–water partition coefficient (Wildman–Crippen LogP) is 5.18. The average molecular weight is 384 g/mol. The lowest BCUT2D eigenvalue weighted by Gasteiger charge is -2.08. The predicted molar refractivity (Wildman–Crippen MR) is 98.1 cm³/mol. The van der Waals surface area contributed by atoms with Crippen LogP contribution in [0.25, 0.3) is 22.2 Å². The van der Waals surface area contributed by atoms with Crippen molar-refractivity contribution in [2.75, 3.05) is 0 Å². The first-order chi connectivity index (χ1) is 13.0. The molecule has 0 aliphatic heterocycles. The molecule has 6 nitrogen and oxygen atoms in total. The molecule has 0 saturated carbocycles. The summed E-state index contributed by atoms with van der Waals surface area (Å²) in [6.07, 6.45) is 0.108. The molecule has 0 saturated heterocycles. The molecule has 0 atom stereocenters. The van der Waals surface area contributed by atoms with Crippen LogP contribution in [-0.2, 0) is 6.42 Å². The zero-order valence-corrected chi connectivity index (χ0v) is 14.5. The standard InChI is InChI=1S/C19H11ClFN3O3/c20-14-7-11(8-15(21)10-14)6-13-9-16(12-4-2-1-3-5-12)17-18(23-27-22-17)19(13)24(25)26/h1-5,7-10H,6H2. The maximum Gasteiger partial charge on any atom is 0.304 e. The lowest BCUT2D eigenvalue weighted by atomic mass is 9.96. The topological polar surface area (TPSA) is 82.1 Å². The Morgan fingerprint density at radius 1 is 1.07 bits per heavy atom. The number of nitro groups is 1. The molecule has 0 N–H and O–H groups in total. The third kappa shape index (κ3) is 3.24. The van der Waals surface area contributed by atoms with E-state index in [9.17, 15) is 14.5 Å². The van der Waals surface area contributed by atoms with Crippen LogP contribution in [0.15, 0.2) is 59.2 Å². The van der Waals surface area contributed by atoms with Gasteiger partial charge in [-0.15, -0.1) is 0 Å². The molecule has 0 radical (unpaired) electrons. The van der Waals surface area contributed by atoms with Gasteiger partial charge >= 0.3 is 5.69 Å². The van der Waals surface area contributed by atoms with Crippen molar-refractivity contribution in [3.05, 3.63) is 86.7 Å². The van der Waals surface area contributed by atoms with Crippen LogP contribution in [0.2, 0.25) is 5.02 Å². The summed E-state index contributed by atoms with van der Waals surface area (Å²) in [4.78, 5) is 11.2. The van der Waals surface area contributed by atoms with Gasteiger partial charge < -0.3 is 0 Å². The molecule has 0 spiro atoms. The minimum absolute atomic E-state index is 0.0545. The number of hydrogen-bond donors (Lipinski definition) is 0. The fraction of sp³-hybridized carbons (Fsp3) is 0.0526. The maximum atomic E-state index is 13.7. The van der Waals surface area contributed by atoms with Crippen LogP contribution in [0.1, 0.15) is 11.1 Å². The van der Waals surface area contributed by atoms with E-state index >= 15 is 0 Å². The molecule has 4 aromatic rings. The number of rotatable bonds is 4. The van der Waals surface area contributed by atoms with Crippen molar-refractivity contribution in [3.63, 3.8) is 0 Å². The van der Waals surface area contributed by atoms with E-state index in [0.717, 1.165) is 5.56 Å². The summed E-state index contributed by atoms with van der Waals surface area (Å²) in [6, 6.07) is 15.0. The number of benzene rings is 3. The highest BCUT2D eigenvalue weighted by Crippen LogP contribution is 2.36. The van der Waals surface area contributed by atoms with Crippen molar-refractivity contribution in [1.82, 2.24) is 10.3 Å². The Morgan fingerprint density at radius 3 is 2.52 bits per heavy atom. The zero-order valence-electron chi connectivity index (χ0n) is 13.7. The Kier molecular flexibility index (Phi) is 4.29. The highest BCUT2D eigenvalue weighted by Gasteiger charge is 2.26. The lowest BCUT2D eigenvalue weighted by Crippen LogP contribution is -2.00. The molecule has 0 aliphatic carbocycles. The van der Waals surface area contributed by atoms with Crippen molar-refractivity contribution in [2.24, 2.45) is 0 Å². The molecule has 8 heteroatoms. The van der Waals surface area contributed by atoms with Gasteiger partial charge in [-0.3, -0.25) is 10.1 Å². The van der Waals surface area contributed by atoms with Crippen LogP contribution in [0.5, 0.6) is 0 Å². The molecule has 4 rings (SSSR count). The normalized spacial score (nSPS) is 11.0. The SMILES string of the molecule is O=[N+]([O-])c1c(Cc2cc(F)cc(Cl)c2)cc(-c2ccccc2)c2nonc12. The largest absolute Gasteiger partial charge is 0.304 e. The van der Waals surface area contributed by atoms with Crippen molar-refractivity contribution >= 4 is 28.3 Å². The van der Waals surface area contributed by atoms with Gasteiger partial charge in [0.05, 0.1) is 4.92 Å². The van der Waals surface area contributed by atoms with Gasteiger partial charge in [0.25, 0.3) is 0 Å². The van der Waals surface area contributed by atoms with Gasteiger partial charge in [-0.25, -0.2) is 9.02 Å². The van der Waals surface area contributed by atoms with E-state index in [4.69, 9.17) is 16.2 Å². The Hall–Kier alpha value is -3.32. The van der Waals surface area contributed by atoms with Gasteiger partial charge in [0.1, 0.15) is 11.3 Å². The number of nitrogens with zero attached hydrogens (tertiary/aromatic N) is 3. The first-order valence-corrected chi connectivity index (χ1v) is 8.33. The smallest absolute Gasteiger partial charge is 0.258 e. The monoisotopic (exact) mass is 383 g/mol. The van der Waals surface area contributed by atoms with Gasteiger partial charge in [-0.1, -0.05) is 41.9 Å². The van der Waals surface area contributed by atoms with Crippen LogP contribution < -0.4 is 0 Å². The molecule has 3 aromatic carbocycles. The van der Waals surface area contributed by atoms with E-state index in [1.54, 1.807) is 12.1 Å². The van der Waals surface area contributed by atoms with Crippen LogP contribution in [-0.4, -0.2) is 15.2 Å². The molecular weight excluding hydrogens is 373 g/mol. The number of halogens is 2. The van der Waals surface area contributed by atoms with Crippen LogP contribution in [0.4, 0.5) is 10.1 Å². The van der Waals surface area contributed by atoms with Gasteiger partial charge in [0.2, 0.25) is 5.52 Å². The molecule has 1 heterocycles. The summed E-state index contributed by atoms with van der Waals surface area (Å²) < 4.78 is 18.5. The Morgan fingerprint density at radius 2 is 1.81 bits per heavy atom. The molecule has 134 valence electrons. The van der Waals surface area contributed by atoms with Crippen molar-refractivity contribution in [1.29, 1.82) is 0 Å². The first-order valence-electron chi connectivity index (χ1n) is 7.96. The van der Waals surface area contributed by atoms with Gasteiger partial charge in [0.15, 0.2) is 0 Å². The Bertz CT molecular complexity index is 1140. The molecule has 0 fully saturated rings. The van der Waals surface area contributed by atoms with Crippen LogP contribution in [0, 0.1) is 15.9 Å². The van der Waals surface area contributed by atoms with Gasteiger partial charge in [-0.2, -0.15) is 0 Å². The van der Waals surface area contributed by atoms with Crippen molar-refractivity contribution < 1.29 is 13.9 Å². The van der Waals surface area contributed by atoms with E-state index in [-0.39, 0.29) is 22.6 Å². The van der Waals surface area contributed by atoms with Gasteiger partial charge in [-0.05, 0) is 45.7 Å². The summed E-state index contributed by atoms with van der Waals surface area (Å²) in [6.45, 7) is 0. The number of aromatic nitrogens is 2. The fourth-order valence-corrected chi connectivity index (χ4v) is 3.34. The third-order valence-electron chi connectivity index (χ3n) is 4.17. The summed E-state index contributed by atoms with van der Waals surface area (Å²) in [5.74, 6) is -0.507. The second-order valence-corrected chi connectivity index (χ2v) is 6.41. The second-order valence-electron chi connectivity index (χ2n) is 5.97. The van der Waals surface area contributed by atoms with E-state index in [2.05, 4.69) is 10.3 Å². The van der Waals surface area contributed by atoms with Crippen molar-refractivity contribution in [3.8, 4) is 11.1 Å². The van der Waals surface area contributed by atoms with E-state index in [1.807, 2.05) is 30.3 Å². The van der Waals surface area contributed by atoms with E-state index in [0.29, 0.717) is 22.2 Å². The van der Waals surface area contributed by atoms with E-state index < -0.39 is 10.7 Å². The Balaban J connectivity index is 1.95. The average Bonchev–Trinajstić information content (AvgIpc) is 3.09. The van der Waals surface area contributed by atoms with Crippen LogP contribution in [0.3, 0.4) is 0 Å². The second kappa shape index (κ2) is 6.77. The van der Waals surface area contributed by atoms with Crippen molar-refractivity contribution in [2.45, 2.75) is 6.42 Å². The molecule has 0 amide bonds. The minimum Gasteiger partial charge on any atom is -0.258 e. The lowest BCUT2D eigenvalue weighted by molar-refractivity contribution is -0.383. The summed E-state index contributed by atoms with van der Waals surface area (Å²) in [5, 5.41) is 19.5. The summed E-state index contributed by atoms with van der Waals surface area (Å²) in [7, 11) is 0. The summed E-state index contributed by atoms with van der Waals surface area (Å²) >= 11 is 5.91. The first kappa shape index (κ1) is 17.1. The van der Waals surface area contributed by atoms with E-state index in [1.165, 1.54) is 12.1 Å². The summed E-state index contributed by atoms with van der Waals surface area (Å²) in [5.41, 5.74) is 2.47. The maximum absolute atomic E-state index is 13.7. The van der Waals surface area contributed by atoms with Crippen LogP contribution >= 0.6 is 11.6 Å². The molecular formula is C19H11ClFN3O3. The molecule has 0 bridgehead atoms. The van der Waals surface area contributed by atoms with Gasteiger partial charge in [0, 0.05) is 22.6 Å². The number of nitro benzene ring substituents is 1. The third-order valence-corrected chi connectivity index (χ3v) is 4.39. The highest BCUT2D eigenvalue weighted by atomic mass is 35.5. The molecule has 0 unspecified atom stereocenters. The molecule has 1 aromatic heterocycles. The molecule has 0 aliphatic rings.